The highest BCUT2D eigenvalue weighted by molar-refractivity contribution is 5.54. The van der Waals surface area contributed by atoms with Crippen molar-refractivity contribution in [1.82, 2.24) is 20.2 Å². The Kier molecular flexibility index (Phi) is 3.45. The highest BCUT2D eigenvalue weighted by atomic mass is 16.5. The summed E-state index contributed by atoms with van der Waals surface area (Å²) < 4.78 is 4.92. The topological polar surface area (TPSA) is 75.7 Å². The van der Waals surface area contributed by atoms with E-state index in [2.05, 4.69) is 25.5 Å². The van der Waals surface area contributed by atoms with Crippen molar-refractivity contribution in [3.63, 3.8) is 0 Å². The molecule has 0 fully saturated rings. The summed E-state index contributed by atoms with van der Waals surface area (Å²) in [6, 6.07) is 3.78. The lowest BCUT2D eigenvalue weighted by molar-refractivity contribution is 0.210. The molecule has 2 heterocycles. The van der Waals surface area contributed by atoms with Crippen molar-refractivity contribution >= 4 is 5.95 Å². The van der Waals surface area contributed by atoms with Crippen LogP contribution < -0.4 is 5.32 Å². The number of methoxy groups -OCH3 is 1. The molecule has 0 atom stereocenters. The summed E-state index contributed by atoms with van der Waals surface area (Å²) in [7, 11) is 1.65. The van der Waals surface area contributed by atoms with E-state index >= 15 is 0 Å². The van der Waals surface area contributed by atoms with Crippen molar-refractivity contribution in [2.45, 2.75) is 0 Å². The molecule has 0 amide bonds. The summed E-state index contributed by atoms with van der Waals surface area (Å²) in [5, 5.41) is 9.92. The third-order valence-electron chi connectivity index (χ3n) is 2.01. The average Bonchev–Trinajstić information content (AvgIpc) is 2.79. The van der Waals surface area contributed by atoms with E-state index in [4.69, 9.17) is 4.74 Å². The molecule has 0 bridgehead atoms. The lowest BCUT2D eigenvalue weighted by atomic mass is 10.3. The first-order chi connectivity index (χ1) is 7.90. The average molecular weight is 219 g/mol. The first-order valence-electron chi connectivity index (χ1n) is 4.96. The van der Waals surface area contributed by atoms with Crippen molar-refractivity contribution in [2.75, 3.05) is 25.6 Å². The van der Waals surface area contributed by atoms with Crippen molar-refractivity contribution in [2.24, 2.45) is 0 Å². The molecule has 2 N–H and O–H groups in total. The van der Waals surface area contributed by atoms with Crippen LogP contribution in [0.15, 0.2) is 24.5 Å². The second-order valence-corrected chi connectivity index (χ2v) is 3.17. The molecule has 2 rings (SSSR count). The number of nitrogens with zero attached hydrogens (tertiary/aromatic N) is 3. The third-order valence-corrected chi connectivity index (χ3v) is 2.01. The minimum atomic E-state index is 0.566. The maximum atomic E-state index is 4.92. The van der Waals surface area contributed by atoms with Gasteiger partial charge in [0.05, 0.1) is 6.61 Å². The summed E-state index contributed by atoms with van der Waals surface area (Å²) in [4.78, 5) is 8.30. The molecule has 0 aliphatic rings. The predicted molar refractivity (Wildman–Crippen MR) is 60.0 cm³/mol. The number of hydrogen-bond acceptors (Lipinski definition) is 5. The smallest absolute Gasteiger partial charge is 0.242 e. The summed E-state index contributed by atoms with van der Waals surface area (Å²) in [5.41, 5.74) is 0.912. The minimum Gasteiger partial charge on any atom is -0.383 e. The van der Waals surface area contributed by atoms with Crippen LogP contribution in [0.25, 0.3) is 11.4 Å². The van der Waals surface area contributed by atoms with Gasteiger partial charge in [-0.15, -0.1) is 5.10 Å². The number of anilines is 1. The maximum absolute atomic E-state index is 4.92. The Morgan fingerprint density at radius 2 is 2.44 bits per heavy atom. The first kappa shape index (κ1) is 10.6. The molecular formula is C10H13N5O. The molecular weight excluding hydrogens is 206 g/mol. The van der Waals surface area contributed by atoms with Crippen LogP contribution in [0.5, 0.6) is 0 Å². The normalized spacial score (nSPS) is 10.3. The number of hydrogen-bond donors (Lipinski definition) is 2. The molecule has 2 aromatic heterocycles. The summed E-state index contributed by atoms with van der Waals surface area (Å²) >= 11 is 0. The molecule has 0 saturated carbocycles. The van der Waals surface area contributed by atoms with Crippen LogP contribution in [0.4, 0.5) is 5.95 Å². The van der Waals surface area contributed by atoms with E-state index in [0.717, 1.165) is 5.56 Å². The summed E-state index contributed by atoms with van der Waals surface area (Å²) in [5.74, 6) is 1.27. The fraction of sp³-hybridized carbons (Fsp3) is 0.300. The van der Waals surface area contributed by atoms with E-state index in [-0.39, 0.29) is 0 Å². The summed E-state index contributed by atoms with van der Waals surface area (Å²) in [6.45, 7) is 1.30. The molecule has 0 saturated heterocycles. The van der Waals surface area contributed by atoms with Crippen molar-refractivity contribution in [3.8, 4) is 11.4 Å². The van der Waals surface area contributed by atoms with Gasteiger partial charge in [0.15, 0.2) is 5.82 Å². The Morgan fingerprint density at radius 3 is 3.19 bits per heavy atom. The number of pyridine rings is 1. The van der Waals surface area contributed by atoms with Gasteiger partial charge >= 0.3 is 0 Å². The lowest BCUT2D eigenvalue weighted by Gasteiger charge is -1.98. The van der Waals surface area contributed by atoms with Gasteiger partial charge in [-0.1, -0.05) is 0 Å². The second kappa shape index (κ2) is 5.22. The van der Waals surface area contributed by atoms with Gasteiger partial charge in [0.1, 0.15) is 0 Å². The van der Waals surface area contributed by atoms with Gasteiger partial charge < -0.3 is 10.1 Å². The van der Waals surface area contributed by atoms with Gasteiger partial charge in [-0.3, -0.25) is 10.1 Å². The SMILES string of the molecule is COCCNc1n[nH]c(-c2cccnc2)n1. The zero-order chi connectivity index (χ0) is 11.2. The summed E-state index contributed by atoms with van der Waals surface area (Å²) in [6.07, 6.45) is 3.46. The van der Waals surface area contributed by atoms with E-state index in [9.17, 15) is 0 Å². The van der Waals surface area contributed by atoms with E-state index in [1.807, 2.05) is 12.1 Å². The van der Waals surface area contributed by atoms with E-state index in [1.165, 1.54) is 0 Å². The maximum Gasteiger partial charge on any atom is 0.242 e. The largest absolute Gasteiger partial charge is 0.383 e. The van der Waals surface area contributed by atoms with Gasteiger partial charge in [-0.2, -0.15) is 4.98 Å². The lowest BCUT2D eigenvalue weighted by Crippen LogP contribution is -2.08. The fourth-order valence-corrected chi connectivity index (χ4v) is 1.24. The molecule has 84 valence electrons. The monoisotopic (exact) mass is 219 g/mol. The van der Waals surface area contributed by atoms with Crippen LogP contribution in [-0.2, 0) is 4.74 Å². The van der Waals surface area contributed by atoms with Crippen LogP contribution in [0.1, 0.15) is 0 Å². The van der Waals surface area contributed by atoms with Crippen LogP contribution in [0.3, 0.4) is 0 Å². The molecule has 16 heavy (non-hydrogen) atoms. The molecule has 0 spiro atoms. The van der Waals surface area contributed by atoms with Gasteiger partial charge in [0.25, 0.3) is 0 Å². The van der Waals surface area contributed by atoms with Gasteiger partial charge in [0, 0.05) is 31.6 Å². The van der Waals surface area contributed by atoms with Crippen LogP contribution in [0.2, 0.25) is 0 Å². The van der Waals surface area contributed by atoms with Crippen molar-refractivity contribution in [1.29, 1.82) is 0 Å². The Balaban J connectivity index is 2.02. The van der Waals surface area contributed by atoms with Gasteiger partial charge in [-0.05, 0) is 12.1 Å². The van der Waals surface area contributed by atoms with E-state index in [0.29, 0.717) is 24.9 Å². The third kappa shape index (κ3) is 2.54. The van der Waals surface area contributed by atoms with Crippen molar-refractivity contribution < 1.29 is 4.74 Å². The standard InChI is InChI=1S/C10H13N5O/c1-16-6-5-12-10-13-9(14-15-10)8-3-2-4-11-7-8/h2-4,7H,5-6H2,1H3,(H2,12,13,14,15). The number of ether oxygens (including phenoxy) is 1. The predicted octanol–water partition coefficient (Wildman–Crippen LogP) is 0.925. The van der Waals surface area contributed by atoms with E-state index < -0.39 is 0 Å². The number of H-pyrrole nitrogens is 1. The number of rotatable bonds is 5. The molecule has 0 aliphatic heterocycles. The van der Waals surface area contributed by atoms with Crippen LogP contribution in [0, 0.1) is 0 Å². The Labute approximate surface area is 93.1 Å². The number of aromatic amines is 1. The number of aromatic nitrogens is 4. The van der Waals surface area contributed by atoms with Gasteiger partial charge in [-0.25, -0.2) is 0 Å². The highest BCUT2D eigenvalue weighted by Gasteiger charge is 2.04. The van der Waals surface area contributed by atoms with Crippen LogP contribution in [-0.4, -0.2) is 40.4 Å². The molecule has 0 aliphatic carbocycles. The molecule has 0 unspecified atom stereocenters. The zero-order valence-electron chi connectivity index (χ0n) is 8.97. The Hall–Kier alpha value is -1.95. The highest BCUT2D eigenvalue weighted by Crippen LogP contribution is 2.13. The second-order valence-electron chi connectivity index (χ2n) is 3.17. The molecule has 6 nitrogen and oxygen atoms in total. The first-order valence-corrected chi connectivity index (χ1v) is 4.96. The number of nitrogens with one attached hydrogen (secondary N) is 2. The van der Waals surface area contributed by atoms with Crippen LogP contribution >= 0.6 is 0 Å². The van der Waals surface area contributed by atoms with Crippen molar-refractivity contribution in [3.05, 3.63) is 24.5 Å². The molecule has 0 radical (unpaired) electrons. The quantitative estimate of drug-likeness (QED) is 0.731. The molecule has 2 aromatic rings. The van der Waals surface area contributed by atoms with E-state index in [1.54, 1.807) is 19.5 Å². The zero-order valence-corrected chi connectivity index (χ0v) is 8.97. The Morgan fingerprint density at radius 1 is 1.50 bits per heavy atom. The molecule has 6 heteroatoms. The fourth-order valence-electron chi connectivity index (χ4n) is 1.24. The molecule has 0 aromatic carbocycles. The van der Waals surface area contributed by atoms with Gasteiger partial charge in [0.2, 0.25) is 5.95 Å². The minimum absolute atomic E-state index is 0.566. The Bertz CT molecular complexity index is 428.